The molecule has 0 heterocycles. The van der Waals surface area contributed by atoms with E-state index in [1.54, 1.807) is 0 Å². The predicted molar refractivity (Wildman–Crippen MR) is 24.9 cm³/mol. The van der Waals surface area contributed by atoms with E-state index >= 15 is 0 Å². The van der Waals surface area contributed by atoms with E-state index in [0.29, 0.717) is 0 Å². The van der Waals surface area contributed by atoms with E-state index in [4.69, 9.17) is 0 Å². The zero-order chi connectivity index (χ0) is 4.12. The molecule has 0 saturated carbocycles. The molecule has 0 aromatic rings. The summed E-state index contributed by atoms with van der Waals surface area (Å²) in [6, 6.07) is 0. The molecule has 6 heavy (non-hydrogen) atoms. The Labute approximate surface area is 65.6 Å². The van der Waals surface area contributed by atoms with Gasteiger partial charge in [0.25, 0.3) is 0 Å². The van der Waals surface area contributed by atoms with Gasteiger partial charge in [0.05, 0.1) is 0 Å². The van der Waals surface area contributed by atoms with E-state index in [-0.39, 0.29) is 32.7 Å². The van der Waals surface area contributed by atoms with Gasteiger partial charge < -0.3 is 6.92 Å². The smallest absolute Gasteiger partial charge is 0 e. The molecule has 0 nitrogen and oxygen atoms in total. The Morgan fingerprint density at radius 2 is 2.00 bits per heavy atom. The van der Waals surface area contributed by atoms with Crippen LogP contribution in [-0.2, 0) is 32.7 Å². The molecule has 0 bridgehead atoms. The molecule has 0 aliphatic rings. The maximum atomic E-state index is 3.68. The summed E-state index contributed by atoms with van der Waals surface area (Å²) in [5, 5.41) is 0. The Bertz CT molecular complexity index is 11.4. The zero-order valence-corrected chi connectivity index (χ0v) is 7.24. The van der Waals surface area contributed by atoms with Crippen molar-refractivity contribution in [1.82, 2.24) is 0 Å². The molecule has 0 fully saturated rings. The van der Waals surface area contributed by atoms with Crippen LogP contribution in [0.15, 0.2) is 0 Å². The van der Waals surface area contributed by atoms with Crippen molar-refractivity contribution in [3.63, 3.8) is 0 Å². The summed E-state index contributed by atoms with van der Waals surface area (Å²) in [6.07, 6.45) is 3.65. The van der Waals surface area contributed by atoms with Crippen molar-refractivity contribution in [2.24, 2.45) is 0 Å². The quantitative estimate of drug-likeness (QED) is 0.542. The van der Waals surface area contributed by atoms with Crippen LogP contribution in [0.5, 0.6) is 0 Å². The molecular formula is C5H11Y-. The molecule has 0 rings (SSSR count). The second kappa shape index (κ2) is 9.44. The van der Waals surface area contributed by atoms with Crippen LogP contribution in [0.25, 0.3) is 0 Å². The molecule has 0 N–H and O–H groups in total. The molecule has 0 aromatic heterocycles. The Morgan fingerprint density at radius 1 is 1.50 bits per heavy atom. The molecule has 0 atom stereocenters. The topological polar surface area (TPSA) is 0 Å². The maximum Gasteiger partial charge on any atom is 0 e. The van der Waals surface area contributed by atoms with Gasteiger partial charge in [-0.25, -0.2) is 0 Å². The van der Waals surface area contributed by atoms with Crippen LogP contribution in [0.2, 0.25) is 0 Å². The summed E-state index contributed by atoms with van der Waals surface area (Å²) in [4.78, 5) is 0. The van der Waals surface area contributed by atoms with Crippen LogP contribution >= 0.6 is 0 Å². The molecule has 0 aliphatic carbocycles. The third-order valence-electron chi connectivity index (χ3n) is 0.604. The van der Waals surface area contributed by atoms with E-state index in [1.807, 2.05) is 0 Å². The summed E-state index contributed by atoms with van der Waals surface area (Å²) in [7, 11) is 0. The number of rotatable bonds is 2. The van der Waals surface area contributed by atoms with Crippen LogP contribution in [-0.4, -0.2) is 0 Å². The van der Waals surface area contributed by atoms with Crippen molar-refractivity contribution in [2.45, 2.75) is 26.2 Å². The molecule has 0 aliphatic heterocycles. The van der Waals surface area contributed by atoms with Crippen molar-refractivity contribution < 1.29 is 32.7 Å². The minimum atomic E-state index is 0. The summed E-state index contributed by atoms with van der Waals surface area (Å²) < 4.78 is 0. The number of unbranched alkanes of at least 4 members (excludes halogenated alkanes) is 2. The molecule has 0 saturated heterocycles. The molecule has 0 amide bonds. The van der Waals surface area contributed by atoms with E-state index in [0.717, 1.165) is 6.42 Å². The zero-order valence-electron chi connectivity index (χ0n) is 4.41. The van der Waals surface area contributed by atoms with Crippen molar-refractivity contribution >= 4 is 0 Å². The Morgan fingerprint density at radius 3 is 2.00 bits per heavy atom. The molecule has 0 unspecified atom stereocenters. The van der Waals surface area contributed by atoms with Gasteiger partial charge in [0.2, 0.25) is 0 Å². The fourth-order valence-electron chi connectivity index (χ4n) is 0.250. The van der Waals surface area contributed by atoms with Crippen molar-refractivity contribution in [3.8, 4) is 0 Å². The van der Waals surface area contributed by atoms with Gasteiger partial charge in [0.15, 0.2) is 0 Å². The molecule has 1 radical (unpaired) electrons. The third kappa shape index (κ3) is 8.92. The van der Waals surface area contributed by atoms with Gasteiger partial charge >= 0.3 is 0 Å². The largest absolute Gasteiger partial charge is 0.343 e. The average Bonchev–Trinajstić information content (AvgIpc) is 1.41. The second-order valence-corrected chi connectivity index (χ2v) is 1.21. The normalized spacial score (nSPS) is 7.00. The second-order valence-electron chi connectivity index (χ2n) is 1.21. The fourth-order valence-corrected chi connectivity index (χ4v) is 0.250. The minimum absolute atomic E-state index is 0. The Balaban J connectivity index is 0. The SMILES string of the molecule is [CH2-]CCCC.[Y]. The summed E-state index contributed by atoms with van der Waals surface area (Å²) in [5.41, 5.74) is 0. The first-order valence-corrected chi connectivity index (χ1v) is 2.21. The first-order valence-electron chi connectivity index (χ1n) is 2.21. The standard InChI is InChI=1S/C5H11.Y/c1-3-5-4-2;/h1,3-5H2,2H3;/q-1;. The van der Waals surface area contributed by atoms with Gasteiger partial charge in [-0.15, -0.1) is 0 Å². The first-order chi connectivity index (χ1) is 2.41. The van der Waals surface area contributed by atoms with E-state index in [1.165, 1.54) is 12.8 Å². The summed E-state index contributed by atoms with van der Waals surface area (Å²) >= 11 is 0. The molecule has 0 aromatic carbocycles. The fraction of sp³-hybridized carbons (Fsp3) is 0.800. The van der Waals surface area contributed by atoms with Gasteiger partial charge in [0, 0.05) is 32.7 Å². The van der Waals surface area contributed by atoms with E-state index < -0.39 is 0 Å². The monoisotopic (exact) mass is 160 g/mol. The first kappa shape index (κ1) is 10.2. The van der Waals surface area contributed by atoms with Crippen LogP contribution in [0.3, 0.4) is 0 Å². The minimum Gasteiger partial charge on any atom is -0.343 e. The maximum absolute atomic E-state index is 3.68. The van der Waals surface area contributed by atoms with Gasteiger partial charge in [-0.1, -0.05) is 19.8 Å². The van der Waals surface area contributed by atoms with Crippen LogP contribution in [0.1, 0.15) is 26.2 Å². The average molecular weight is 160 g/mol. The van der Waals surface area contributed by atoms with Crippen LogP contribution in [0.4, 0.5) is 0 Å². The van der Waals surface area contributed by atoms with Gasteiger partial charge in [-0.05, 0) is 0 Å². The van der Waals surface area contributed by atoms with Crippen LogP contribution < -0.4 is 0 Å². The van der Waals surface area contributed by atoms with Gasteiger partial charge in [-0.3, -0.25) is 0 Å². The van der Waals surface area contributed by atoms with Crippen molar-refractivity contribution in [2.75, 3.05) is 0 Å². The molecule has 1 heteroatoms. The van der Waals surface area contributed by atoms with E-state index in [9.17, 15) is 0 Å². The molecule has 0 spiro atoms. The van der Waals surface area contributed by atoms with Gasteiger partial charge in [0.1, 0.15) is 0 Å². The predicted octanol–water partition coefficient (Wildman–Crippen LogP) is 2.01. The van der Waals surface area contributed by atoms with Crippen LogP contribution in [0, 0.1) is 6.92 Å². The molecule has 35 valence electrons. The van der Waals surface area contributed by atoms with Crippen molar-refractivity contribution in [1.29, 1.82) is 0 Å². The van der Waals surface area contributed by atoms with E-state index in [2.05, 4.69) is 13.8 Å². The molecular weight excluding hydrogens is 149 g/mol. The van der Waals surface area contributed by atoms with Crippen molar-refractivity contribution in [3.05, 3.63) is 6.92 Å². The summed E-state index contributed by atoms with van der Waals surface area (Å²) in [5.74, 6) is 0. The summed E-state index contributed by atoms with van der Waals surface area (Å²) in [6.45, 7) is 5.85. The Hall–Kier alpha value is 1.10. The Kier molecular flexibility index (Phi) is 16.0. The number of hydrogen-bond acceptors (Lipinski definition) is 0. The van der Waals surface area contributed by atoms with Gasteiger partial charge in [-0.2, -0.15) is 6.42 Å². The third-order valence-corrected chi connectivity index (χ3v) is 0.604. The number of hydrogen-bond donors (Lipinski definition) is 0.